The summed E-state index contributed by atoms with van der Waals surface area (Å²) in [5, 5.41) is 10.3. The van der Waals surface area contributed by atoms with Gasteiger partial charge in [0.2, 0.25) is 0 Å². The van der Waals surface area contributed by atoms with Crippen molar-refractivity contribution in [1.82, 2.24) is 0 Å². The summed E-state index contributed by atoms with van der Waals surface area (Å²) < 4.78 is 5.19. The molecule has 0 atom stereocenters. The van der Waals surface area contributed by atoms with Gasteiger partial charge in [0.25, 0.3) is 0 Å². The van der Waals surface area contributed by atoms with Gasteiger partial charge in [-0.25, -0.2) is 0 Å². The average Bonchev–Trinajstić information content (AvgIpc) is 1.98. The predicted octanol–water partition coefficient (Wildman–Crippen LogP) is 0.655. The van der Waals surface area contributed by atoms with Crippen molar-refractivity contribution < 1.29 is 9.84 Å². The average molecular weight is 185 g/mol. The van der Waals surface area contributed by atoms with Gasteiger partial charge in [0.15, 0.2) is 0 Å². The van der Waals surface area contributed by atoms with E-state index in [1.54, 1.807) is 7.11 Å². The van der Waals surface area contributed by atoms with Gasteiger partial charge in [0, 0.05) is 31.9 Å². The van der Waals surface area contributed by atoms with Crippen LogP contribution in [0.4, 0.5) is 0 Å². The number of nitrogens with two attached hydrogens (primary N) is 1. The zero-order valence-corrected chi connectivity index (χ0v) is 8.25. The number of aliphatic hydroxyl groups is 1. The lowest BCUT2D eigenvalue weighted by Gasteiger charge is -2.59. The normalized spacial score (nSPS) is 42.2. The van der Waals surface area contributed by atoms with E-state index in [4.69, 9.17) is 10.5 Å². The van der Waals surface area contributed by atoms with Crippen LogP contribution in [0, 0.1) is 5.41 Å². The second kappa shape index (κ2) is 2.94. The molecule has 2 saturated carbocycles. The first-order chi connectivity index (χ1) is 6.16. The van der Waals surface area contributed by atoms with Crippen LogP contribution in [0.2, 0.25) is 0 Å². The zero-order valence-electron chi connectivity index (χ0n) is 8.25. The number of rotatable bonds is 3. The second-order valence-electron chi connectivity index (χ2n) is 4.64. The van der Waals surface area contributed by atoms with Crippen molar-refractivity contribution in [2.24, 2.45) is 11.1 Å². The second-order valence-corrected chi connectivity index (χ2v) is 4.64. The van der Waals surface area contributed by atoms with E-state index >= 15 is 0 Å². The van der Waals surface area contributed by atoms with Crippen LogP contribution >= 0.6 is 0 Å². The van der Waals surface area contributed by atoms with Crippen LogP contribution in [-0.4, -0.2) is 30.5 Å². The molecule has 0 aromatic rings. The van der Waals surface area contributed by atoms with Gasteiger partial charge in [-0.2, -0.15) is 0 Å². The zero-order chi connectivity index (χ0) is 9.53. The Bertz CT molecular complexity index is 190. The Morgan fingerprint density at radius 2 is 2.08 bits per heavy atom. The fraction of sp³-hybridized carbons (Fsp3) is 1.00. The van der Waals surface area contributed by atoms with Crippen LogP contribution in [0.1, 0.15) is 32.1 Å². The molecule has 3 N–H and O–H groups in total. The van der Waals surface area contributed by atoms with E-state index in [1.807, 2.05) is 0 Å². The maximum Gasteiger partial charge on any atom is 0.0765 e. The quantitative estimate of drug-likeness (QED) is 0.679. The molecule has 2 aliphatic carbocycles. The summed E-state index contributed by atoms with van der Waals surface area (Å²) in [6.07, 6.45) is 5.22. The minimum atomic E-state index is -0.513. The largest absolute Gasteiger partial charge is 0.389 e. The van der Waals surface area contributed by atoms with Crippen molar-refractivity contribution in [1.29, 1.82) is 0 Å². The Kier molecular flexibility index (Phi) is 2.13. The molecule has 2 rings (SSSR count). The summed E-state index contributed by atoms with van der Waals surface area (Å²) in [6.45, 7) is 0.625. The molecule has 13 heavy (non-hydrogen) atoms. The first-order valence-corrected chi connectivity index (χ1v) is 5.11. The summed E-state index contributed by atoms with van der Waals surface area (Å²) in [6, 6.07) is 0. The van der Waals surface area contributed by atoms with E-state index in [2.05, 4.69) is 0 Å². The van der Waals surface area contributed by atoms with E-state index in [9.17, 15) is 5.11 Å². The van der Waals surface area contributed by atoms with Crippen LogP contribution in [-0.2, 0) is 4.74 Å². The molecule has 0 heterocycles. The maximum atomic E-state index is 10.3. The van der Waals surface area contributed by atoms with E-state index in [1.165, 1.54) is 6.42 Å². The molecule has 3 heteroatoms. The van der Waals surface area contributed by atoms with Gasteiger partial charge in [-0.05, 0) is 12.8 Å². The van der Waals surface area contributed by atoms with E-state index in [0.717, 1.165) is 25.7 Å². The molecule has 76 valence electrons. The minimum Gasteiger partial charge on any atom is -0.389 e. The minimum absolute atomic E-state index is 0.0298. The fourth-order valence-corrected chi connectivity index (χ4v) is 2.76. The standard InChI is InChI=1S/C10H19NO2/c1-13-8-5-10(12,6-8)9(7-11)3-2-4-9/h8,12H,2-7,11H2,1H3. The third-order valence-electron chi connectivity index (χ3n) is 4.15. The van der Waals surface area contributed by atoms with Gasteiger partial charge in [-0.3, -0.25) is 0 Å². The van der Waals surface area contributed by atoms with Crippen LogP contribution in [0.25, 0.3) is 0 Å². The highest BCUT2D eigenvalue weighted by atomic mass is 16.5. The molecule has 0 saturated heterocycles. The van der Waals surface area contributed by atoms with Crippen LogP contribution in [0.15, 0.2) is 0 Å². The van der Waals surface area contributed by atoms with E-state index < -0.39 is 5.60 Å². The first-order valence-electron chi connectivity index (χ1n) is 5.11. The molecule has 0 aromatic carbocycles. The Balaban J connectivity index is 2.00. The highest BCUT2D eigenvalue weighted by molar-refractivity contribution is 5.11. The Morgan fingerprint density at radius 1 is 1.46 bits per heavy atom. The van der Waals surface area contributed by atoms with Crippen molar-refractivity contribution in [2.75, 3.05) is 13.7 Å². The number of ether oxygens (including phenoxy) is 1. The number of methoxy groups -OCH3 is 1. The highest BCUT2D eigenvalue weighted by Gasteiger charge is 2.59. The molecule has 0 radical (unpaired) electrons. The third kappa shape index (κ3) is 1.14. The molecule has 2 aliphatic rings. The van der Waals surface area contributed by atoms with Crippen LogP contribution in [0.3, 0.4) is 0 Å². The summed E-state index contributed by atoms with van der Waals surface area (Å²) in [5.74, 6) is 0. The monoisotopic (exact) mass is 185 g/mol. The molecule has 0 bridgehead atoms. The summed E-state index contributed by atoms with van der Waals surface area (Å²) in [5.41, 5.74) is 5.27. The van der Waals surface area contributed by atoms with Crippen LogP contribution in [0.5, 0.6) is 0 Å². The molecular formula is C10H19NO2. The van der Waals surface area contributed by atoms with Gasteiger partial charge in [0.1, 0.15) is 0 Å². The first kappa shape index (κ1) is 9.44. The van der Waals surface area contributed by atoms with Gasteiger partial charge in [-0.1, -0.05) is 6.42 Å². The van der Waals surface area contributed by atoms with Crippen LogP contribution < -0.4 is 5.73 Å². The molecule has 0 spiro atoms. The smallest absolute Gasteiger partial charge is 0.0765 e. The predicted molar refractivity (Wildman–Crippen MR) is 50.3 cm³/mol. The van der Waals surface area contributed by atoms with Gasteiger partial charge in [0.05, 0.1) is 11.7 Å². The van der Waals surface area contributed by atoms with Crippen molar-refractivity contribution >= 4 is 0 Å². The molecule has 0 aromatic heterocycles. The van der Waals surface area contributed by atoms with Crippen molar-refractivity contribution in [3.8, 4) is 0 Å². The molecule has 3 nitrogen and oxygen atoms in total. The molecule has 0 amide bonds. The van der Waals surface area contributed by atoms with E-state index in [0.29, 0.717) is 6.54 Å². The third-order valence-corrected chi connectivity index (χ3v) is 4.15. The summed E-state index contributed by atoms with van der Waals surface area (Å²) in [7, 11) is 1.71. The molecule has 0 aliphatic heterocycles. The van der Waals surface area contributed by atoms with Crippen molar-refractivity contribution in [2.45, 2.75) is 43.8 Å². The van der Waals surface area contributed by atoms with Crippen molar-refractivity contribution in [3.63, 3.8) is 0 Å². The van der Waals surface area contributed by atoms with Gasteiger partial charge in [-0.15, -0.1) is 0 Å². The number of hydrogen-bond donors (Lipinski definition) is 2. The Labute approximate surface area is 79.3 Å². The molecule has 2 fully saturated rings. The van der Waals surface area contributed by atoms with Gasteiger partial charge < -0.3 is 15.6 Å². The van der Waals surface area contributed by atoms with E-state index in [-0.39, 0.29) is 11.5 Å². The summed E-state index contributed by atoms with van der Waals surface area (Å²) in [4.78, 5) is 0. The fourth-order valence-electron chi connectivity index (χ4n) is 2.76. The summed E-state index contributed by atoms with van der Waals surface area (Å²) >= 11 is 0. The lowest BCUT2D eigenvalue weighted by atomic mass is 9.51. The van der Waals surface area contributed by atoms with Crippen molar-refractivity contribution in [3.05, 3.63) is 0 Å². The Morgan fingerprint density at radius 3 is 2.38 bits per heavy atom. The van der Waals surface area contributed by atoms with Gasteiger partial charge >= 0.3 is 0 Å². The number of hydrogen-bond acceptors (Lipinski definition) is 3. The highest BCUT2D eigenvalue weighted by Crippen LogP contribution is 2.56. The Hall–Kier alpha value is -0.120. The lowest BCUT2D eigenvalue weighted by Crippen LogP contribution is -2.64. The lowest BCUT2D eigenvalue weighted by molar-refractivity contribution is -0.217. The molecular weight excluding hydrogens is 166 g/mol. The SMILES string of the molecule is COC1CC(O)(C2(CN)CCC2)C1. The topological polar surface area (TPSA) is 55.5 Å². The maximum absolute atomic E-state index is 10.3. The molecule has 0 unspecified atom stereocenters.